The molecule has 1 aliphatic carbocycles. The van der Waals surface area contributed by atoms with E-state index in [2.05, 4.69) is 0 Å². The maximum Gasteiger partial charge on any atom is 0.337 e. The monoisotopic (exact) mass is 404 g/mol. The molecule has 28 heavy (non-hydrogen) atoms. The third-order valence-electron chi connectivity index (χ3n) is 5.33. The number of rotatable bonds is 5. The van der Waals surface area contributed by atoms with E-state index in [0.29, 0.717) is 0 Å². The maximum atomic E-state index is 12.0. The van der Waals surface area contributed by atoms with Crippen LogP contribution in [0.25, 0.3) is 0 Å². The Bertz CT molecular complexity index is 647. The van der Waals surface area contributed by atoms with Gasteiger partial charge in [-0.2, -0.15) is 0 Å². The van der Waals surface area contributed by atoms with E-state index in [1.807, 2.05) is 0 Å². The molecule has 0 aromatic heterocycles. The van der Waals surface area contributed by atoms with Gasteiger partial charge in [-0.25, -0.2) is 4.79 Å². The number of methoxy groups -OCH3 is 1. The third kappa shape index (κ3) is 3.44. The minimum Gasteiger partial charge on any atom is -0.471 e. The van der Waals surface area contributed by atoms with Crippen molar-refractivity contribution < 1.29 is 54.4 Å². The highest BCUT2D eigenvalue weighted by Crippen LogP contribution is 2.45. The first-order valence-corrected chi connectivity index (χ1v) is 8.69. The molecule has 1 saturated heterocycles. The van der Waals surface area contributed by atoms with Crippen LogP contribution in [0.3, 0.4) is 0 Å². The van der Waals surface area contributed by atoms with Gasteiger partial charge in [-0.3, -0.25) is 0 Å². The summed E-state index contributed by atoms with van der Waals surface area (Å²) in [4.78, 5) is 12.0. The van der Waals surface area contributed by atoms with Crippen molar-refractivity contribution in [2.45, 2.75) is 42.6 Å². The zero-order chi connectivity index (χ0) is 20.6. The molecule has 11 nitrogen and oxygen atoms in total. The zero-order valence-corrected chi connectivity index (χ0v) is 15.0. The Labute approximate surface area is 160 Å². The fourth-order valence-corrected chi connectivity index (χ4v) is 3.71. The zero-order valence-electron chi connectivity index (χ0n) is 15.0. The van der Waals surface area contributed by atoms with Crippen molar-refractivity contribution in [3.05, 3.63) is 24.0 Å². The Kier molecular flexibility index (Phi) is 6.08. The number of ether oxygens (including phenoxy) is 4. The highest BCUT2D eigenvalue weighted by molar-refractivity contribution is 5.89. The Hall–Kier alpha value is -1.57. The number of fused-ring (bicyclic) bond motifs is 1. The summed E-state index contributed by atoms with van der Waals surface area (Å²) < 4.78 is 21.0. The predicted molar refractivity (Wildman–Crippen MR) is 88.0 cm³/mol. The molecule has 0 saturated carbocycles. The molecule has 0 amide bonds. The average Bonchev–Trinajstić information content (AvgIpc) is 3.06. The lowest BCUT2D eigenvalue weighted by molar-refractivity contribution is -0.346. The summed E-state index contributed by atoms with van der Waals surface area (Å²) in [6.45, 7) is -1.34. The molecular formula is C17H24O11. The van der Waals surface area contributed by atoms with E-state index < -0.39 is 73.6 Å². The van der Waals surface area contributed by atoms with Crippen molar-refractivity contribution in [3.8, 4) is 0 Å². The van der Waals surface area contributed by atoms with E-state index in [1.54, 1.807) is 0 Å². The topological polar surface area (TPSA) is 175 Å². The van der Waals surface area contributed by atoms with Gasteiger partial charge in [-0.05, 0) is 0 Å². The summed E-state index contributed by atoms with van der Waals surface area (Å²) in [6, 6.07) is 0. The molecule has 3 aliphatic rings. The number of hydrogen-bond donors (Lipinski definition) is 6. The van der Waals surface area contributed by atoms with Crippen LogP contribution in [0.15, 0.2) is 24.0 Å². The summed E-state index contributed by atoms with van der Waals surface area (Å²) in [5, 5.41) is 59.5. The van der Waals surface area contributed by atoms with Crippen LogP contribution in [0.2, 0.25) is 0 Å². The molecule has 11 heteroatoms. The highest BCUT2D eigenvalue weighted by atomic mass is 16.8. The first kappa shape index (κ1) is 21.1. The number of carbonyl (C=O) groups is 1. The SMILES string of the molecule is COC(=O)C1=CO[C@@H](OC2OC(CO)C(O)C(O)C2O)[C@H]2[C@@H]1C=C[C@@]2(O)CO. The number of aliphatic hydroxyl groups is 6. The molecule has 6 N–H and O–H groups in total. The van der Waals surface area contributed by atoms with Gasteiger partial charge in [0.2, 0.25) is 6.29 Å². The molecule has 9 atom stereocenters. The van der Waals surface area contributed by atoms with Gasteiger partial charge in [0.1, 0.15) is 30.0 Å². The number of allylic oxidation sites excluding steroid dienone is 1. The molecule has 158 valence electrons. The van der Waals surface area contributed by atoms with Gasteiger partial charge < -0.3 is 49.6 Å². The van der Waals surface area contributed by atoms with E-state index in [0.717, 1.165) is 6.26 Å². The minimum atomic E-state index is -1.79. The standard InChI is InChI=1S/C17H24O11/c1-25-14(23)8-5-26-15(10-7(8)2-3-17(10,24)6-19)28-16-13(22)12(21)11(20)9(4-18)27-16/h2-3,5,7,9-13,15-16,18-22,24H,4,6H2,1H3/t7-,9?,10-,11?,12?,13?,15+,16?,17-/m1/s1. The van der Waals surface area contributed by atoms with E-state index >= 15 is 0 Å². The Morgan fingerprint density at radius 2 is 1.89 bits per heavy atom. The van der Waals surface area contributed by atoms with Crippen LogP contribution in [-0.2, 0) is 23.7 Å². The molecule has 0 aromatic carbocycles. The summed E-state index contributed by atoms with van der Waals surface area (Å²) in [7, 11) is 1.19. The smallest absolute Gasteiger partial charge is 0.337 e. The number of hydrogen-bond acceptors (Lipinski definition) is 11. The van der Waals surface area contributed by atoms with E-state index in [9.17, 15) is 35.4 Å². The number of aliphatic hydroxyl groups excluding tert-OH is 5. The van der Waals surface area contributed by atoms with Crippen LogP contribution < -0.4 is 0 Å². The van der Waals surface area contributed by atoms with Gasteiger partial charge >= 0.3 is 5.97 Å². The second kappa shape index (κ2) is 8.05. The molecule has 2 aliphatic heterocycles. The number of carbonyl (C=O) groups excluding carboxylic acids is 1. The minimum absolute atomic E-state index is 0.0989. The van der Waals surface area contributed by atoms with Gasteiger partial charge in [-0.1, -0.05) is 12.2 Å². The lowest BCUT2D eigenvalue weighted by Gasteiger charge is -2.44. The second-order valence-electron chi connectivity index (χ2n) is 6.96. The van der Waals surface area contributed by atoms with Gasteiger partial charge in [0.15, 0.2) is 6.29 Å². The van der Waals surface area contributed by atoms with Gasteiger partial charge in [0.25, 0.3) is 0 Å². The highest BCUT2D eigenvalue weighted by Gasteiger charge is 2.55. The summed E-state index contributed by atoms with van der Waals surface area (Å²) in [6.07, 6.45) is -4.99. The van der Waals surface area contributed by atoms with Crippen LogP contribution in [0.1, 0.15) is 0 Å². The van der Waals surface area contributed by atoms with Crippen molar-refractivity contribution in [1.29, 1.82) is 0 Å². The van der Waals surface area contributed by atoms with Crippen molar-refractivity contribution >= 4 is 5.97 Å². The molecule has 0 spiro atoms. The van der Waals surface area contributed by atoms with E-state index in [4.69, 9.17) is 18.9 Å². The molecular weight excluding hydrogens is 380 g/mol. The molecule has 0 aromatic rings. The first-order chi connectivity index (χ1) is 13.3. The molecule has 0 radical (unpaired) electrons. The predicted octanol–water partition coefficient (Wildman–Crippen LogP) is -3.26. The normalized spacial score (nSPS) is 45.2. The molecule has 0 bridgehead atoms. The number of esters is 1. The second-order valence-corrected chi connectivity index (χ2v) is 6.96. The lowest BCUT2D eigenvalue weighted by atomic mass is 9.79. The molecule has 2 heterocycles. The van der Waals surface area contributed by atoms with Crippen molar-refractivity contribution in [1.82, 2.24) is 0 Å². The fraction of sp³-hybridized carbons (Fsp3) is 0.706. The Balaban J connectivity index is 1.85. The van der Waals surface area contributed by atoms with Crippen LogP contribution in [-0.4, -0.2) is 99.5 Å². The summed E-state index contributed by atoms with van der Waals surface area (Å²) in [5.74, 6) is -2.40. The Morgan fingerprint density at radius 3 is 2.50 bits per heavy atom. The van der Waals surface area contributed by atoms with Gasteiger partial charge in [0.05, 0.1) is 38.1 Å². The van der Waals surface area contributed by atoms with Crippen molar-refractivity contribution in [3.63, 3.8) is 0 Å². The van der Waals surface area contributed by atoms with E-state index in [-0.39, 0.29) is 5.57 Å². The Morgan fingerprint density at radius 1 is 1.18 bits per heavy atom. The van der Waals surface area contributed by atoms with E-state index in [1.165, 1.54) is 19.3 Å². The van der Waals surface area contributed by atoms with Crippen LogP contribution in [0, 0.1) is 11.8 Å². The van der Waals surface area contributed by atoms with Gasteiger partial charge in [-0.15, -0.1) is 0 Å². The molecule has 1 fully saturated rings. The lowest BCUT2D eigenvalue weighted by Crippen LogP contribution is -2.61. The quantitative estimate of drug-likeness (QED) is 0.200. The van der Waals surface area contributed by atoms with Crippen LogP contribution in [0.5, 0.6) is 0 Å². The van der Waals surface area contributed by atoms with Crippen molar-refractivity contribution in [2.75, 3.05) is 20.3 Å². The van der Waals surface area contributed by atoms with Gasteiger partial charge in [0, 0.05) is 5.92 Å². The van der Waals surface area contributed by atoms with Crippen molar-refractivity contribution in [2.24, 2.45) is 11.8 Å². The first-order valence-electron chi connectivity index (χ1n) is 8.69. The maximum absolute atomic E-state index is 12.0. The molecule has 5 unspecified atom stereocenters. The summed E-state index contributed by atoms with van der Waals surface area (Å²) in [5.41, 5.74) is -1.70. The summed E-state index contributed by atoms with van der Waals surface area (Å²) >= 11 is 0. The molecule has 3 rings (SSSR count). The largest absolute Gasteiger partial charge is 0.471 e. The average molecular weight is 404 g/mol. The van der Waals surface area contributed by atoms with Crippen LogP contribution >= 0.6 is 0 Å². The fourth-order valence-electron chi connectivity index (χ4n) is 3.71. The third-order valence-corrected chi connectivity index (χ3v) is 5.33. The van der Waals surface area contributed by atoms with Crippen LogP contribution in [0.4, 0.5) is 0 Å².